The monoisotopic (exact) mass is 342 g/mol. The highest BCUT2D eigenvalue weighted by atomic mass is 35.5. The van der Waals surface area contributed by atoms with E-state index in [0.717, 1.165) is 16.5 Å². The lowest BCUT2D eigenvalue weighted by atomic mass is 10.2. The summed E-state index contributed by atoms with van der Waals surface area (Å²) in [7, 11) is 1.29. The number of aryl methyl sites for hydroxylation is 1. The summed E-state index contributed by atoms with van der Waals surface area (Å²) in [4.78, 5) is 27.1. The van der Waals surface area contributed by atoms with Crippen LogP contribution in [0, 0.1) is 6.92 Å². The van der Waals surface area contributed by atoms with Crippen molar-refractivity contribution in [3.05, 3.63) is 64.3 Å². The summed E-state index contributed by atoms with van der Waals surface area (Å²) in [6.45, 7) is 1.99. The van der Waals surface area contributed by atoms with Gasteiger partial charge >= 0.3 is 5.97 Å². The molecule has 0 saturated carbocycles. The van der Waals surface area contributed by atoms with Crippen LogP contribution in [0.25, 0.3) is 10.9 Å². The topological polar surface area (TPSA) is 71.2 Å². The number of halogens is 1. The Hall–Kier alpha value is -2.79. The lowest BCUT2D eigenvalue weighted by molar-refractivity contribution is 0.0600. The van der Waals surface area contributed by atoms with Gasteiger partial charge in [0.1, 0.15) is 5.69 Å². The van der Waals surface area contributed by atoms with E-state index in [0.29, 0.717) is 22.0 Å². The van der Waals surface area contributed by atoms with E-state index in [2.05, 4.69) is 15.0 Å². The first kappa shape index (κ1) is 16.1. The largest absolute Gasteiger partial charge is 0.465 e. The average molecular weight is 343 g/mol. The summed E-state index contributed by atoms with van der Waals surface area (Å²) in [5.41, 5.74) is 3.06. The minimum absolute atomic E-state index is 0.310. The number of aromatic amines is 1. The lowest BCUT2D eigenvalue weighted by Gasteiger charge is -2.08. The van der Waals surface area contributed by atoms with E-state index in [4.69, 9.17) is 11.6 Å². The Bertz CT molecular complexity index is 947. The van der Waals surface area contributed by atoms with Crippen LogP contribution >= 0.6 is 11.6 Å². The third-order valence-electron chi connectivity index (χ3n) is 3.66. The number of H-pyrrole nitrogens is 1. The Morgan fingerprint density at radius 3 is 2.67 bits per heavy atom. The van der Waals surface area contributed by atoms with E-state index >= 15 is 0 Å². The van der Waals surface area contributed by atoms with Crippen LogP contribution in [-0.4, -0.2) is 24.0 Å². The van der Waals surface area contributed by atoms with Crippen LogP contribution in [0.2, 0.25) is 5.02 Å². The molecule has 0 unspecified atom stereocenters. The fraction of sp³-hybridized carbons (Fsp3) is 0.111. The molecule has 0 bridgehead atoms. The number of rotatable bonds is 3. The number of hydrogen-bond acceptors (Lipinski definition) is 3. The van der Waals surface area contributed by atoms with Crippen molar-refractivity contribution in [2.24, 2.45) is 0 Å². The summed E-state index contributed by atoms with van der Waals surface area (Å²) in [6.07, 6.45) is 0. The second-order valence-electron chi connectivity index (χ2n) is 5.41. The van der Waals surface area contributed by atoms with E-state index in [1.54, 1.807) is 6.07 Å². The molecule has 0 atom stereocenters. The zero-order valence-corrected chi connectivity index (χ0v) is 13.9. The summed E-state index contributed by atoms with van der Waals surface area (Å²) >= 11 is 6.10. The van der Waals surface area contributed by atoms with Gasteiger partial charge in [-0.2, -0.15) is 0 Å². The van der Waals surface area contributed by atoms with Crippen molar-refractivity contribution in [3.8, 4) is 0 Å². The maximum atomic E-state index is 12.5. The number of carbonyl (C=O) groups excluding carboxylic acids is 2. The number of amides is 1. The molecular formula is C18H15ClN2O3. The first-order chi connectivity index (χ1) is 11.5. The SMILES string of the molecule is COC(=O)c1ccc(Cl)c(NC(=O)c2cc3cc(C)ccc3[nH]2)c1. The molecule has 0 aliphatic heterocycles. The molecule has 1 heterocycles. The van der Waals surface area contributed by atoms with Gasteiger partial charge in [-0.25, -0.2) is 4.79 Å². The molecule has 1 aromatic heterocycles. The fourth-order valence-corrected chi connectivity index (χ4v) is 2.59. The standard InChI is InChI=1S/C18H15ClN2O3/c1-10-3-6-14-12(7-10)9-16(20-14)17(22)21-15-8-11(18(23)24-2)4-5-13(15)19/h3-9,20H,1-2H3,(H,21,22). The molecule has 6 heteroatoms. The Labute approximate surface area is 143 Å². The van der Waals surface area contributed by atoms with Crippen LogP contribution < -0.4 is 5.32 Å². The first-order valence-electron chi connectivity index (χ1n) is 7.26. The van der Waals surface area contributed by atoms with E-state index in [9.17, 15) is 9.59 Å². The van der Waals surface area contributed by atoms with Crippen molar-refractivity contribution in [3.63, 3.8) is 0 Å². The second-order valence-corrected chi connectivity index (χ2v) is 5.82. The van der Waals surface area contributed by atoms with Gasteiger partial charge in [-0.3, -0.25) is 4.79 Å². The van der Waals surface area contributed by atoms with E-state index < -0.39 is 5.97 Å². The lowest BCUT2D eigenvalue weighted by Crippen LogP contribution is -2.13. The van der Waals surface area contributed by atoms with Crippen LogP contribution in [0.5, 0.6) is 0 Å². The summed E-state index contributed by atoms with van der Waals surface area (Å²) < 4.78 is 4.67. The molecule has 0 radical (unpaired) electrons. The second kappa shape index (κ2) is 6.37. The minimum Gasteiger partial charge on any atom is -0.465 e. The molecule has 0 fully saturated rings. The van der Waals surface area contributed by atoms with E-state index in [1.807, 2.05) is 25.1 Å². The van der Waals surface area contributed by atoms with Gasteiger partial charge in [-0.1, -0.05) is 23.2 Å². The minimum atomic E-state index is -0.497. The van der Waals surface area contributed by atoms with Gasteiger partial charge in [-0.05, 0) is 43.3 Å². The summed E-state index contributed by atoms with van der Waals surface area (Å²) in [5, 5.41) is 4.00. The van der Waals surface area contributed by atoms with Gasteiger partial charge in [0.2, 0.25) is 0 Å². The third-order valence-corrected chi connectivity index (χ3v) is 3.99. The zero-order valence-electron chi connectivity index (χ0n) is 13.1. The Kier molecular flexibility index (Phi) is 4.27. The number of benzene rings is 2. The summed E-state index contributed by atoms with van der Waals surface area (Å²) in [6, 6.07) is 12.2. The number of hydrogen-bond donors (Lipinski definition) is 2. The van der Waals surface area contributed by atoms with E-state index in [-0.39, 0.29) is 5.91 Å². The van der Waals surface area contributed by atoms with Crippen molar-refractivity contribution >= 4 is 40.1 Å². The molecule has 0 aliphatic rings. The Morgan fingerprint density at radius 2 is 1.92 bits per heavy atom. The number of carbonyl (C=O) groups is 2. The van der Waals surface area contributed by atoms with Gasteiger partial charge in [-0.15, -0.1) is 0 Å². The molecule has 3 rings (SSSR count). The molecule has 2 aromatic carbocycles. The van der Waals surface area contributed by atoms with Crippen LogP contribution in [0.1, 0.15) is 26.4 Å². The Balaban J connectivity index is 1.89. The average Bonchev–Trinajstić information content (AvgIpc) is 2.99. The van der Waals surface area contributed by atoms with Crippen LogP contribution in [-0.2, 0) is 4.74 Å². The number of aromatic nitrogens is 1. The molecular weight excluding hydrogens is 328 g/mol. The van der Waals surface area contributed by atoms with Gasteiger partial charge in [0.15, 0.2) is 0 Å². The number of fused-ring (bicyclic) bond motifs is 1. The molecule has 122 valence electrons. The smallest absolute Gasteiger partial charge is 0.337 e. The molecule has 2 N–H and O–H groups in total. The number of methoxy groups -OCH3 is 1. The van der Waals surface area contributed by atoms with E-state index in [1.165, 1.54) is 25.3 Å². The zero-order chi connectivity index (χ0) is 17.3. The number of esters is 1. The maximum Gasteiger partial charge on any atom is 0.337 e. The van der Waals surface area contributed by atoms with Gasteiger partial charge < -0.3 is 15.0 Å². The molecule has 5 nitrogen and oxygen atoms in total. The number of nitrogens with one attached hydrogen (secondary N) is 2. The van der Waals surface area contributed by atoms with Crippen molar-refractivity contribution in [2.45, 2.75) is 6.92 Å². The molecule has 0 saturated heterocycles. The van der Waals surface area contributed by atoms with Crippen LogP contribution in [0.4, 0.5) is 5.69 Å². The molecule has 1 amide bonds. The van der Waals surface area contributed by atoms with Crippen molar-refractivity contribution in [1.29, 1.82) is 0 Å². The molecule has 24 heavy (non-hydrogen) atoms. The fourth-order valence-electron chi connectivity index (χ4n) is 2.43. The highest BCUT2D eigenvalue weighted by Gasteiger charge is 2.14. The van der Waals surface area contributed by atoms with Gasteiger partial charge in [0.25, 0.3) is 5.91 Å². The molecule has 0 aliphatic carbocycles. The van der Waals surface area contributed by atoms with Crippen LogP contribution in [0.3, 0.4) is 0 Å². The highest BCUT2D eigenvalue weighted by molar-refractivity contribution is 6.34. The third kappa shape index (κ3) is 3.12. The van der Waals surface area contributed by atoms with Gasteiger partial charge in [0.05, 0.1) is 23.4 Å². The Morgan fingerprint density at radius 1 is 1.12 bits per heavy atom. The van der Waals surface area contributed by atoms with Gasteiger partial charge in [0, 0.05) is 10.9 Å². The quantitative estimate of drug-likeness (QED) is 0.702. The van der Waals surface area contributed by atoms with Crippen molar-refractivity contribution < 1.29 is 14.3 Å². The molecule has 0 spiro atoms. The number of ether oxygens (including phenoxy) is 1. The van der Waals surface area contributed by atoms with Crippen LogP contribution in [0.15, 0.2) is 42.5 Å². The molecule has 3 aromatic rings. The summed E-state index contributed by atoms with van der Waals surface area (Å²) in [5.74, 6) is -0.837. The predicted octanol–water partition coefficient (Wildman–Crippen LogP) is 4.17. The normalized spacial score (nSPS) is 10.6. The number of anilines is 1. The first-order valence-corrected chi connectivity index (χ1v) is 7.64. The predicted molar refractivity (Wildman–Crippen MR) is 93.8 cm³/mol. The van der Waals surface area contributed by atoms with Crippen molar-refractivity contribution in [1.82, 2.24) is 4.98 Å². The van der Waals surface area contributed by atoms with Crippen molar-refractivity contribution in [2.75, 3.05) is 12.4 Å². The maximum absolute atomic E-state index is 12.5. The highest BCUT2D eigenvalue weighted by Crippen LogP contribution is 2.25.